The monoisotopic (exact) mass is 414 g/mol. The summed E-state index contributed by atoms with van der Waals surface area (Å²) in [5.74, 6) is -0.838. The number of methoxy groups -OCH3 is 1. The molecule has 1 aliphatic rings. The zero-order valence-corrected chi connectivity index (χ0v) is 17.3. The summed E-state index contributed by atoms with van der Waals surface area (Å²) >= 11 is 0. The molecule has 1 amide bonds. The van der Waals surface area contributed by atoms with Gasteiger partial charge < -0.3 is 14.7 Å². The number of aliphatic hydroxyl groups is 1. The molecule has 6 heteroatoms. The number of benzene rings is 2. The van der Waals surface area contributed by atoms with Crippen LogP contribution in [0.4, 0.5) is 0 Å². The standard InChI is InChI=1S/C25H22N2O4/c1-16-4-3-5-19(14-16)22-21(23(28)18-10-12-26-13-11-18)24(29)25(30)27(22)15-17-6-8-20(31-2)9-7-17/h3-14,22,28H,15H2,1-2H3/b23-21-. The highest BCUT2D eigenvalue weighted by atomic mass is 16.5. The van der Waals surface area contributed by atoms with E-state index in [1.807, 2.05) is 55.5 Å². The third-order valence-electron chi connectivity index (χ3n) is 5.36. The van der Waals surface area contributed by atoms with Gasteiger partial charge in [0.15, 0.2) is 0 Å². The molecular weight excluding hydrogens is 392 g/mol. The Morgan fingerprint density at radius 3 is 2.42 bits per heavy atom. The van der Waals surface area contributed by atoms with Gasteiger partial charge >= 0.3 is 0 Å². The van der Waals surface area contributed by atoms with E-state index in [-0.39, 0.29) is 17.9 Å². The number of aryl methyl sites for hydroxylation is 1. The third-order valence-corrected chi connectivity index (χ3v) is 5.36. The van der Waals surface area contributed by atoms with Crippen molar-refractivity contribution in [3.05, 3.63) is 101 Å². The van der Waals surface area contributed by atoms with Crippen molar-refractivity contribution in [1.82, 2.24) is 9.88 Å². The van der Waals surface area contributed by atoms with Crippen LogP contribution in [0.15, 0.2) is 78.6 Å². The molecule has 1 unspecified atom stereocenters. The van der Waals surface area contributed by atoms with Crippen LogP contribution < -0.4 is 4.74 Å². The first-order valence-corrected chi connectivity index (χ1v) is 9.88. The van der Waals surface area contributed by atoms with Gasteiger partial charge in [0.2, 0.25) is 0 Å². The molecule has 4 rings (SSSR count). The van der Waals surface area contributed by atoms with Gasteiger partial charge in [-0.05, 0) is 42.3 Å². The summed E-state index contributed by atoms with van der Waals surface area (Å²) in [7, 11) is 1.59. The van der Waals surface area contributed by atoms with E-state index in [2.05, 4.69) is 4.98 Å². The molecule has 0 bridgehead atoms. The van der Waals surface area contributed by atoms with Crippen molar-refractivity contribution in [1.29, 1.82) is 0 Å². The molecular formula is C25H22N2O4. The fourth-order valence-electron chi connectivity index (χ4n) is 3.82. The minimum absolute atomic E-state index is 0.0790. The molecule has 1 aliphatic heterocycles. The molecule has 1 fully saturated rings. The number of carbonyl (C=O) groups excluding carboxylic acids is 2. The van der Waals surface area contributed by atoms with Crippen LogP contribution in [0.3, 0.4) is 0 Å². The lowest BCUT2D eigenvalue weighted by molar-refractivity contribution is -0.140. The third kappa shape index (κ3) is 3.92. The normalized spacial score (nSPS) is 17.7. The van der Waals surface area contributed by atoms with Crippen LogP contribution in [-0.4, -0.2) is 33.8 Å². The van der Waals surface area contributed by atoms with E-state index in [1.54, 1.807) is 19.2 Å². The highest BCUT2D eigenvalue weighted by molar-refractivity contribution is 6.46. The summed E-state index contributed by atoms with van der Waals surface area (Å²) in [6.07, 6.45) is 3.06. The number of likely N-dealkylation sites (tertiary alicyclic amines) is 1. The Labute approximate surface area is 180 Å². The van der Waals surface area contributed by atoms with Gasteiger partial charge in [-0.1, -0.05) is 42.0 Å². The fourth-order valence-corrected chi connectivity index (χ4v) is 3.82. The van der Waals surface area contributed by atoms with Crippen molar-refractivity contribution in [3.8, 4) is 5.75 Å². The van der Waals surface area contributed by atoms with Crippen molar-refractivity contribution in [2.24, 2.45) is 0 Å². The number of hydrogen-bond acceptors (Lipinski definition) is 5. The average Bonchev–Trinajstić information content (AvgIpc) is 3.04. The Morgan fingerprint density at radius 1 is 1.06 bits per heavy atom. The van der Waals surface area contributed by atoms with Crippen molar-refractivity contribution in [2.45, 2.75) is 19.5 Å². The van der Waals surface area contributed by atoms with E-state index < -0.39 is 17.7 Å². The summed E-state index contributed by atoms with van der Waals surface area (Å²) in [6.45, 7) is 2.17. The molecule has 1 atom stereocenters. The van der Waals surface area contributed by atoms with E-state index in [4.69, 9.17) is 4.74 Å². The van der Waals surface area contributed by atoms with Crippen LogP contribution in [0.25, 0.3) is 5.76 Å². The second-order valence-electron chi connectivity index (χ2n) is 7.43. The predicted octanol–water partition coefficient (Wildman–Crippen LogP) is 4.02. The maximum absolute atomic E-state index is 13.0. The van der Waals surface area contributed by atoms with Crippen molar-refractivity contribution < 1.29 is 19.4 Å². The number of ether oxygens (including phenoxy) is 1. The molecule has 1 N–H and O–H groups in total. The van der Waals surface area contributed by atoms with Crippen LogP contribution in [0, 0.1) is 6.92 Å². The smallest absolute Gasteiger partial charge is 0.295 e. The van der Waals surface area contributed by atoms with E-state index in [1.165, 1.54) is 17.3 Å². The first-order chi connectivity index (χ1) is 15.0. The first-order valence-electron chi connectivity index (χ1n) is 9.88. The lowest BCUT2D eigenvalue weighted by atomic mass is 9.94. The number of amides is 1. The average molecular weight is 414 g/mol. The number of carbonyl (C=O) groups is 2. The van der Waals surface area contributed by atoms with Crippen LogP contribution in [0.2, 0.25) is 0 Å². The second kappa shape index (κ2) is 8.44. The van der Waals surface area contributed by atoms with Gasteiger partial charge in [-0.25, -0.2) is 0 Å². The fraction of sp³-hybridized carbons (Fsp3) is 0.160. The molecule has 0 radical (unpaired) electrons. The number of aromatic nitrogens is 1. The van der Waals surface area contributed by atoms with Gasteiger partial charge in [0, 0.05) is 24.5 Å². The molecule has 1 aromatic heterocycles. The lowest BCUT2D eigenvalue weighted by Gasteiger charge is -2.25. The van der Waals surface area contributed by atoms with Gasteiger partial charge in [0.25, 0.3) is 11.7 Å². The number of hydrogen-bond donors (Lipinski definition) is 1. The summed E-state index contributed by atoms with van der Waals surface area (Å²) in [5, 5.41) is 11.0. The summed E-state index contributed by atoms with van der Waals surface area (Å²) < 4.78 is 5.20. The maximum atomic E-state index is 13.0. The van der Waals surface area contributed by atoms with E-state index in [0.29, 0.717) is 11.3 Å². The van der Waals surface area contributed by atoms with Crippen LogP contribution in [0.5, 0.6) is 5.75 Å². The number of rotatable bonds is 5. The SMILES string of the molecule is COc1ccc(CN2C(=O)C(=O)/C(=C(\O)c3ccncc3)C2c2cccc(C)c2)cc1. The molecule has 6 nitrogen and oxygen atoms in total. The predicted molar refractivity (Wildman–Crippen MR) is 116 cm³/mol. The number of Topliss-reactive ketones (excluding diaryl/α,β-unsaturated/α-hetero) is 1. The van der Waals surface area contributed by atoms with E-state index in [0.717, 1.165) is 16.7 Å². The molecule has 156 valence electrons. The zero-order chi connectivity index (χ0) is 22.0. The molecule has 0 spiro atoms. The van der Waals surface area contributed by atoms with Crippen molar-refractivity contribution in [2.75, 3.05) is 7.11 Å². The van der Waals surface area contributed by atoms with Gasteiger partial charge in [-0.15, -0.1) is 0 Å². The lowest BCUT2D eigenvalue weighted by Crippen LogP contribution is -2.29. The van der Waals surface area contributed by atoms with Crippen LogP contribution in [-0.2, 0) is 16.1 Å². The Morgan fingerprint density at radius 2 is 1.77 bits per heavy atom. The van der Waals surface area contributed by atoms with Crippen molar-refractivity contribution >= 4 is 17.4 Å². The van der Waals surface area contributed by atoms with Crippen molar-refractivity contribution in [3.63, 3.8) is 0 Å². The van der Waals surface area contributed by atoms with E-state index in [9.17, 15) is 14.7 Å². The molecule has 3 aromatic rings. The molecule has 2 heterocycles. The Balaban J connectivity index is 1.83. The van der Waals surface area contributed by atoms with Crippen LogP contribution >= 0.6 is 0 Å². The number of ketones is 1. The van der Waals surface area contributed by atoms with Gasteiger partial charge in [-0.3, -0.25) is 14.6 Å². The van der Waals surface area contributed by atoms with E-state index >= 15 is 0 Å². The summed E-state index contributed by atoms with van der Waals surface area (Å²) in [5.41, 5.74) is 3.13. The second-order valence-corrected chi connectivity index (χ2v) is 7.43. The van der Waals surface area contributed by atoms with Gasteiger partial charge in [0.05, 0.1) is 18.7 Å². The molecule has 0 aliphatic carbocycles. The largest absolute Gasteiger partial charge is 0.507 e. The molecule has 31 heavy (non-hydrogen) atoms. The van der Waals surface area contributed by atoms with Crippen LogP contribution in [0.1, 0.15) is 28.3 Å². The Bertz CT molecular complexity index is 1150. The quantitative estimate of drug-likeness (QED) is 0.388. The maximum Gasteiger partial charge on any atom is 0.295 e. The Hall–Kier alpha value is -3.93. The molecule has 1 saturated heterocycles. The number of pyridine rings is 1. The summed E-state index contributed by atoms with van der Waals surface area (Å²) in [4.78, 5) is 31.5. The number of nitrogens with zero attached hydrogens (tertiary/aromatic N) is 2. The first kappa shape index (κ1) is 20.3. The van der Waals surface area contributed by atoms with Gasteiger partial charge in [-0.2, -0.15) is 0 Å². The Kier molecular flexibility index (Phi) is 5.54. The topological polar surface area (TPSA) is 79.7 Å². The molecule has 0 saturated carbocycles. The molecule has 2 aromatic carbocycles. The minimum atomic E-state index is -0.700. The highest BCUT2D eigenvalue weighted by Gasteiger charge is 2.46. The van der Waals surface area contributed by atoms with Gasteiger partial charge in [0.1, 0.15) is 11.5 Å². The summed E-state index contributed by atoms with van der Waals surface area (Å²) in [6, 6.07) is 17.5. The minimum Gasteiger partial charge on any atom is -0.507 e. The highest BCUT2D eigenvalue weighted by Crippen LogP contribution is 2.40. The number of aliphatic hydroxyl groups excluding tert-OH is 1. The zero-order valence-electron chi connectivity index (χ0n) is 17.3.